The number of carbonyl (C=O) groups is 1. The molecule has 0 aromatic heterocycles. The van der Waals surface area contributed by atoms with Crippen molar-refractivity contribution in [2.75, 3.05) is 11.3 Å². The topological polar surface area (TPSA) is 84.5 Å². The van der Waals surface area contributed by atoms with Crippen LogP contribution in [0.5, 0.6) is 5.75 Å². The van der Waals surface area contributed by atoms with Crippen molar-refractivity contribution in [1.29, 1.82) is 0 Å². The summed E-state index contributed by atoms with van der Waals surface area (Å²) in [5.41, 5.74) is -1.17. The van der Waals surface area contributed by atoms with Gasteiger partial charge in [0.2, 0.25) is 0 Å². The number of amides is 1. The van der Waals surface area contributed by atoms with E-state index in [9.17, 15) is 26.4 Å². The minimum Gasteiger partial charge on any atom is -0.484 e. The Hall–Kier alpha value is -2.75. The number of rotatable bonds is 8. The fourth-order valence-electron chi connectivity index (χ4n) is 2.26. The van der Waals surface area contributed by atoms with Crippen molar-refractivity contribution >= 4 is 21.6 Å². The number of ether oxygens (including phenoxy) is 1. The van der Waals surface area contributed by atoms with Crippen LogP contribution < -0.4 is 14.8 Å². The molecular weight excluding hydrogens is 409 g/mol. The van der Waals surface area contributed by atoms with Gasteiger partial charge in [0.15, 0.2) is 6.61 Å². The normalized spacial score (nSPS) is 12.9. The maximum absolute atomic E-state index is 12.8. The van der Waals surface area contributed by atoms with Gasteiger partial charge in [-0.25, -0.2) is 8.42 Å². The highest BCUT2D eigenvalue weighted by Gasteiger charge is 2.30. The zero-order valence-electron chi connectivity index (χ0n) is 15.8. The highest BCUT2D eigenvalue weighted by Crippen LogP contribution is 2.31. The molecule has 0 saturated carbocycles. The molecule has 2 aromatic rings. The predicted octanol–water partition coefficient (Wildman–Crippen LogP) is 3.80. The molecule has 2 aromatic carbocycles. The summed E-state index contributed by atoms with van der Waals surface area (Å²) in [5.74, 6) is -0.0235. The number of carbonyl (C=O) groups excluding carboxylic acids is 1. The third-order valence-electron chi connectivity index (χ3n) is 3.97. The molecule has 158 valence electrons. The van der Waals surface area contributed by atoms with E-state index in [1.54, 1.807) is 0 Å². The van der Waals surface area contributed by atoms with E-state index < -0.39 is 21.8 Å². The largest absolute Gasteiger partial charge is 0.484 e. The third kappa shape index (κ3) is 6.67. The van der Waals surface area contributed by atoms with Gasteiger partial charge in [0, 0.05) is 11.7 Å². The van der Waals surface area contributed by atoms with E-state index in [0.717, 1.165) is 18.6 Å². The Labute approximate surface area is 167 Å². The van der Waals surface area contributed by atoms with Gasteiger partial charge in [0.05, 0.1) is 10.5 Å². The smallest absolute Gasteiger partial charge is 0.416 e. The molecule has 0 saturated heterocycles. The Morgan fingerprint density at radius 1 is 1.14 bits per heavy atom. The molecule has 0 spiro atoms. The summed E-state index contributed by atoms with van der Waals surface area (Å²) in [5, 5.41) is 2.73. The molecule has 0 radical (unpaired) electrons. The number of halogens is 3. The van der Waals surface area contributed by atoms with Crippen molar-refractivity contribution < 1.29 is 31.1 Å². The van der Waals surface area contributed by atoms with Crippen LogP contribution in [0.1, 0.15) is 25.8 Å². The molecule has 10 heteroatoms. The van der Waals surface area contributed by atoms with Gasteiger partial charge in [-0.1, -0.05) is 13.0 Å². The van der Waals surface area contributed by atoms with Gasteiger partial charge in [0.25, 0.3) is 15.9 Å². The van der Waals surface area contributed by atoms with E-state index in [1.807, 2.05) is 13.8 Å². The summed E-state index contributed by atoms with van der Waals surface area (Å²) in [7, 11) is -4.10. The summed E-state index contributed by atoms with van der Waals surface area (Å²) in [6.45, 7) is 3.56. The standard InChI is InChI=1S/C19H21F3N2O4S/c1-3-13(2)23-18(25)12-28-16-7-9-17(10-8-16)29(26,27)24-15-6-4-5-14(11-15)19(20,21)22/h4-11,13,24H,3,12H2,1-2H3,(H,23,25)/t13-/m0/s1. The molecule has 2 N–H and O–H groups in total. The summed E-state index contributed by atoms with van der Waals surface area (Å²) >= 11 is 0. The van der Waals surface area contributed by atoms with Crippen molar-refractivity contribution in [3.05, 3.63) is 54.1 Å². The van der Waals surface area contributed by atoms with Gasteiger partial charge in [-0.3, -0.25) is 9.52 Å². The van der Waals surface area contributed by atoms with Crippen LogP contribution in [-0.4, -0.2) is 27.0 Å². The first-order valence-electron chi connectivity index (χ1n) is 8.73. The number of alkyl halides is 3. The minimum absolute atomic E-state index is 0.0144. The SMILES string of the molecule is CC[C@H](C)NC(=O)COc1ccc(S(=O)(=O)Nc2cccc(C(F)(F)F)c2)cc1. The lowest BCUT2D eigenvalue weighted by Gasteiger charge is -2.13. The average molecular weight is 430 g/mol. The first-order chi connectivity index (χ1) is 13.5. The average Bonchev–Trinajstić information content (AvgIpc) is 2.66. The Balaban J connectivity index is 2.04. The van der Waals surface area contributed by atoms with E-state index in [-0.39, 0.29) is 34.9 Å². The summed E-state index contributed by atoms with van der Waals surface area (Å²) in [6.07, 6.45) is -3.81. The van der Waals surface area contributed by atoms with Crippen LogP contribution in [0.3, 0.4) is 0 Å². The number of sulfonamides is 1. The maximum Gasteiger partial charge on any atom is 0.416 e. The molecule has 0 fully saturated rings. The zero-order valence-corrected chi connectivity index (χ0v) is 16.6. The Morgan fingerprint density at radius 2 is 1.79 bits per heavy atom. The molecule has 0 aliphatic heterocycles. The predicted molar refractivity (Wildman–Crippen MR) is 102 cm³/mol. The van der Waals surface area contributed by atoms with Gasteiger partial charge in [-0.05, 0) is 55.8 Å². The van der Waals surface area contributed by atoms with Crippen molar-refractivity contribution in [3.63, 3.8) is 0 Å². The van der Waals surface area contributed by atoms with Gasteiger partial charge in [-0.15, -0.1) is 0 Å². The minimum atomic E-state index is -4.58. The van der Waals surface area contributed by atoms with Gasteiger partial charge >= 0.3 is 6.18 Å². The van der Waals surface area contributed by atoms with Crippen LogP contribution in [-0.2, 0) is 21.0 Å². The number of benzene rings is 2. The van der Waals surface area contributed by atoms with Crippen molar-refractivity contribution in [2.24, 2.45) is 0 Å². The lowest BCUT2D eigenvalue weighted by Crippen LogP contribution is -2.35. The number of anilines is 1. The lowest BCUT2D eigenvalue weighted by atomic mass is 10.2. The van der Waals surface area contributed by atoms with Crippen LogP contribution in [0.15, 0.2) is 53.4 Å². The molecule has 0 aliphatic carbocycles. The van der Waals surface area contributed by atoms with E-state index in [0.29, 0.717) is 6.07 Å². The Bertz CT molecular complexity index is 945. The first kappa shape index (κ1) is 22.5. The van der Waals surface area contributed by atoms with E-state index >= 15 is 0 Å². The van der Waals surface area contributed by atoms with E-state index in [2.05, 4.69) is 10.0 Å². The number of hydrogen-bond acceptors (Lipinski definition) is 4. The monoisotopic (exact) mass is 430 g/mol. The molecule has 1 atom stereocenters. The first-order valence-corrected chi connectivity index (χ1v) is 10.2. The van der Waals surface area contributed by atoms with Crippen LogP contribution in [0, 0.1) is 0 Å². The quantitative estimate of drug-likeness (QED) is 0.667. The molecule has 0 heterocycles. The highest BCUT2D eigenvalue weighted by molar-refractivity contribution is 7.92. The molecule has 6 nitrogen and oxygen atoms in total. The summed E-state index contributed by atoms with van der Waals surface area (Å²) in [4.78, 5) is 11.5. The van der Waals surface area contributed by atoms with E-state index in [1.165, 1.54) is 30.3 Å². The Morgan fingerprint density at radius 3 is 2.38 bits per heavy atom. The molecule has 0 bridgehead atoms. The van der Waals surface area contributed by atoms with Crippen molar-refractivity contribution in [3.8, 4) is 5.75 Å². The molecule has 1 amide bonds. The zero-order chi connectivity index (χ0) is 21.7. The number of hydrogen-bond donors (Lipinski definition) is 2. The second kappa shape index (κ2) is 9.17. The fraction of sp³-hybridized carbons (Fsp3) is 0.316. The molecule has 29 heavy (non-hydrogen) atoms. The molecular formula is C19H21F3N2O4S. The molecule has 0 aliphatic rings. The van der Waals surface area contributed by atoms with Gasteiger partial charge < -0.3 is 10.1 Å². The van der Waals surface area contributed by atoms with Crippen LogP contribution in [0.25, 0.3) is 0 Å². The second-order valence-electron chi connectivity index (χ2n) is 6.32. The molecule has 0 unspecified atom stereocenters. The summed E-state index contributed by atoms with van der Waals surface area (Å²) < 4.78 is 70.5. The van der Waals surface area contributed by atoms with Gasteiger partial charge in [-0.2, -0.15) is 13.2 Å². The van der Waals surface area contributed by atoms with E-state index in [4.69, 9.17) is 4.74 Å². The lowest BCUT2D eigenvalue weighted by molar-refractivity contribution is -0.137. The highest BCUT2D eigenvalue weighted by atomic mass is 32.2. The fourth-order valence-corrected chi connectivity index (χ4v) is 3.31. The van der Waals surface area contributed by atoms with Crippen LogP contribution >= 0.6 is 0 Å². The maximum atomic E-state index is 12.8. The summed E-state index contributed by atoms with van der Waals surface area (Å²) in [6, 6.07) is 9.10. The Kier molecular flexibility index (Phi) is 7.12. The van der Waals surface area contributed by atoms with Crippen molar-refractivity contribution in [1.82, 2.24) is 5.32 Å². The van der Waals surface area contributed by atoms with Gasteiger partial charge in [0.1, 0.15) is 5.75 Å². The third-order valence-corrected chi connectivity index (χ3v) is 5.36. The van der Waals surface area contributed by atoms with Crippen molar-refractivity contribution in [2.45, 2.75) is 37.4 Å². The second-order valence-corrected chi connectivity index (χ2v) is 8.00. The van der Waals surface area contributed by atoms with Crippen LogP contribution in [0.4, 0.5) is 18.9 Å². The molecule has 2 rings (SSSR count). The number of nitrogens with one attached hydrogen (secondary N) is 2. The van der Waals surface area contributed by atoms with Crippen LogP contribution in [0.2, 0.25) is 0 Å².